The van der Waals surface area contributed by atoms with Crippen molar-refractivity contribution < 1.29 is 19.4 Å². The zero-order chi connectivity index (χ0) is 14.7. The van der Waals surface area contributed by atoms with Gasteiger partial charge in [0.15, 0.2) is 0 Å². The summed E-state index contributed by atoms with van der Waals surface area (Å²) in [5.74, 6) is -1.47. The van der Waals surface area contributed by atoms with E-state index in [1.54, 1.807) is 0 Å². The third kappa shape index (κ3) is 9.05. The number of carbonyl (C=O) groups is 2. The minimum absolute atomic E-state index is 0.0701. The number of hydrogen-bond acceptors (Lipinski definition) is 3. The monoisotopic (exact) mass is 268 g/mol. The highest BCUT2D eigenvalue weighted by Gasteiger charge is 2.14. The Balaban J connectivity index is 4.10. The Morgan fingerprint density at radius 3 is 2.53 bits per heavy atom. The van der Waals surface area contributed by atoms with Crippen molar-refractivity contribution in [3.05, 3.63) is 24.3 Å². The topological polar surface area (TPSA) is 63.6 Å². The summed E-state index contributed by atoms with van der Waals surface area (Å²) in [4.78, 5) is 22.0. The van der Waals surface area contributed by atoms with Crippen LogP contribution in [0.2, 0.25) is 0 Å². The molecule has 0 aromatic carbocycles. The number of hydrogen-bond donors (Lipinski definition) is 1. The summed E-state index contributed by atoms with van der Waals surface area (Å²) >= 11 is 0. The fourth-order valence-electron chi connectivity index (χ4n) is 1.59. The summed E-state index contributed by atoms with van der Waals surface area (Å²) in [5.41, 5.74) is 0.284. The van der Waals surface area contributed by atoms with E-state index in [0.29, 0.717) is 0 Å². The lowest BCUT2D eigenvalue weighted by atomic mass is 10.1. The van der Waals surface area contributed by atoms with Gasteiger partial charge >= 0.3 is 11.9 Å². The highest BCUT2D eigenvalue weighted by molar-refractivity contribution is 5.88. The molecule has 1 atom stereocenters. The van der Waals surface area contributed by atoms with Crippen LogP contribution in [0.25, 0.3) is 0 Å². The number of ether oxygens (including phenoxy) is 1. The Kier molecular flexibility index (Phi) is 9.49. The molecule has 0 aliphatic carbocycles. The van der Waals surface area contributed by atoms with E-state index >= 15 is 0 Å². The molecule has 0 radical (unpaired) electrons. The SMILES string of the molecule is C=C(CC=CC(=O)O)C(=O)OC(CC)CCCCC. The van der Waals surface area contributed by atoms with Crippen LogP contribution < -0.4 is 0 Å². The van der Waals surface area contributed by atoms with Crippen LogP contribution in [0, 0.1) is 0 Å². The summed E-state index contributed by atoms with van der Waals surface area (Å²) in [6.07, 6.45) is 7.50. The van der Waals surface area contributed by atoms with Crippen LogP contribution in [-0.2, 0) is 14.3 Å². The van der Waals surface area contributed by atoms with Gasteiger partial charge in [0.05, 0.1) is 0 Å². The minimum Gasteiger partial charge on any atom is -0.478 e. The molecule has 0 fully saturated rings. The molecular weight excluding hydrogens is 244 g/mol. The zero-order valence-electron chi connectivity index (χ0n) is 11.9. The quantitative estimate of drug-likeness (QED) is 0.374. The molecule has 4 heteroatoms. The van der Waals surface area contributed by atoms with Gasteiger partial charge in [-0.25, -0.2) is 9.59 Å². The summed E-state index contributed by atoms with van der Waals surface area (Å²) in [6, 6.07) is 0. The summed E-state index contributed by atoms with van der Waals surface area (Å²) in [7, 11) is 0. The summed E-state index contributed by atoms with van der Waals surface area (Å²) in [6.45, 7) is 7.73. The van der Waals surface area contributed by atoms with Crippen LogP contribution in [0.4, 0.5) is 0 Å². The second kappa shape index (κ2) is 10.4. The molecule has 0 aliphatic heterocycles. The first-order valence-corrected chi connectivity index (χ1v) is 6.79. The molecule has 0 rings (SSSR count). The van der Waals surface area contributed by atoms with Crippen LogP contribution in [0.3, 0.4) is 0 Å². The van der Waals surface area contributed by atoms with Crippen molar-refractivity contribution in [2.75, 3.05) is 0 Å². The first-order chi connectivity index (χ1) is 9.01. The molecule has 0 aromatic rings. The van der Waals surface area contributed by atoms with Crippen molar-refractivity contribution >= 4 is 11.9 Å². The van der Waals surface area contributed by atoms with Gasteiger partial charge in [0.2, 0.25) is 0 Å². The molecule has 0 spiro atoms. The van der Waals surface area contributed by atoms with E-state index in [0.717, 1.165) is 38.2 Å². The first kappa shape index (κ1) is 17.4. The summed E-state index contributed by atoms with van der Waals surface area (Å²) in [5, 5.41) is 8.44. The normalized spacial score (nSPS) is 12.3. The molecule has 1 unspecified atom stereocenters. The van der Waals surface area contributed by atoms with Gasteiger partial charge in [-0.15, -0.1) is 0 Å². The van der Waals surface area contributed by atoms with Gasteiger partial charge in [-0.2, -0.15) is 0 Å². The van der Waals surface area contributed by atoms with Crippen LogP contribution in [-0.4, -0.2) is 23.1 Å². The van der Waals surface area contributed by atoms with Crippen molar-refractivity contribution in [1.29, 1.82) is 0 Å². The predicted octanol–water partition coefficient (Wildman–Crippen LogP) is 3.48. The van der Waals surface area contributed by atoms with Crippen molar-refractivity contribution in [3.63, 3.8) is 0 Å². The molecular formula is C15H24O4. The molecule has 0 saturated carbocycles. The minimum atomic E-state index is -1.04. The van der Waals surface area contributed by atoms with Crippen LogP contribution in [0.15, 0.2) is 24.3 Å². The van der Waals surface area contributed by atoms with Gasteiger partial charge in [0.1, 0.15) is 6.10 Å². The van der Waals surface area contributed by atoms with Gasteiger partial charge in [-0.1, -0.05) is 39.3 Å². The highest BCUT2D eigenvalue weighted by Crippen LogP contribution is 2.13. The fourth-order valence-corrected chi connectivity index (χ4v) is 1.59. The van der Waals surface area contributed by atoms with E-state index in [-0.39, 0.29) is 18.1 Å². The molecule has 1 N–H and O–H groups in total. The summed E-state index contributed by atoms with van der Waals surface area (Å²) < 4.78 is 5.35. The van der Waals surface area contributed by atoms with Crippen LogP contribution in [0.1, 0.15) is 52.4 Å². The van der Waals surface area contributed by atoms with Crippen molar-refractivity contribution in [2.24, 2.45) is 0 Å². The third-order valence-electron chi connectivity index (χ3n) is 2.77. The third-order valence-corrected chi connectivity index (χ3v) is 2.77. The number of aliphatic carboxylic acids is 1. The Bertz CT molecular complexity index is 331. The van der Waals surface area contributed by atoms with Crippen molar-refractivity contribution in [3.8, 4) is 0 Å². The standard InChI is InChI=1S/C15H24O4/c1-4-6-7-10-13(5-2)19-15(18)12(3)9-8-11-14(16)17/h8,11,13H,3-7,9-10H2,1-2H3,(H,16,17). The maximum absolute atomic E-state index is 11.7. The second-order valence-electron chi connectivity index (χ2n) is 4.48. The van der Waals surface area contributed by atoms with E-state index in [1.165, 1.54) is 6.08 Å². The predicted molar refractivity (Wildman–Crippen MR) is 74.8 cm³/mol. The van der Waals surface area contributed by atoms with Gasteiger partial charge in [-0.3, -0.25) is 0 Å². The van der Waals surface area contributed by atoms with Gasteiger partial charge < -0.3 is 9.84 Å². The average molecular weight is 268 g/mol. The molecule has 4 nitrogen and oxygen atoms in total. The maximum Gasteiger partial charge on any atom is 0.333 e. The molecule has 0 amide bonds. The smallest absolute Gasteiger partial charge is 0.333 e. The average Bonchev–Trinajstić information content (AvgIpc) is 2.36. The van der Waals surface area contributed by atoms with E-state index in [9.17, 15) is 9.59 Å². The lowest BCUT2D eigenvalue weighted by Gasteiger charge is -2.16. The molecule has 19 heavy (non-hydrogen) atoms. The Morgan fingerprint density at radius 2 is 2.00 bits per heavy atom. The molecule has 0 bridgehead atoms. The lowest BCUT2D eigenvalue weighted by molar-refractivity contribution is -0.145. The Hall–Kier alpha value is -1.58. The van der Waals surface area contributed by atoms with Gasteiger partial charge in [-0.05, 0) is 25.7 Å². The Labute approximate surface area is 115 Å². The molecule has 0 aliphatic rings. The van der Waals surface area contributed by atoms with E-state index < -0.39 is 11.9 Å². The van der Waals surface area contributed by atoms with Crippen LogP contribution in [0.5, 0.6) is 0 Å². The number of unbranched alkanes of at least 4 members (excludes halogenated alkanes) is 2. The van der Waals surface area contributed by atoms with Crippen LogP contribution >= 0.6 is 0 Å². The van der Waals surface area contributed by atoms with Crippen molar-refractivity contribution in [2.45, 2.75) is 58.5 Å². The number of allylic oxidation sites excluding steroid dienone is 1. The number of rotatable bonds is 10. The zero-order valence-corrected chi connectivity index (χ0v) is 11.9. The van der Waals surface area contributed by atoms with E-state index in [2.05, 4.69) is 13.5 Å². The lowest BCUT2D eigenvalue weighted by Crippen LogP contribution is -2.18. The van der Waals surface area contributed by atoms with Gasteiger partial charge in [0, 0.05) is 11.6 Å². The maximum atomic E-state index is 11.7. The van der Waals surface area contributed by atoms with Crippen molar-refractivity contribution in [1.82, 2.24) is 0 Å². The molecule has 108 valence electrons. The Morgan fingerprint density at radius 1 is 1.32 bits per heavy atom. The number of carboxylic acids is 1. The molecule has 0 saturated heterocycles. The van der Waals surface area contributed by atoms with E-state index in [4.69, 9.17) is 9.84 Å². The number of carboxylic acid groups (broad SMARTS) is 1. The van der Waals surface area contributed by atoms with Gasteiger partial charge in [0.25, 0.3) is 0 Å². The fraction of sp³-hybridized carbons (Fsp3) is 0.600. The highest BCUT2D eigenvalue weighted by atomic mass is 16.5. The largest absolute Gasteiger partial charge is 0.478 e. The molecule has 0 aromatic heterocycles. The number of esters is 1. The number of carbonyl (C=O) groups excluding carboxylic acids is 1. The first-order valence-electron chi connectivity index (χ1n) is 6.79. The molecule has 0 heterocycles. The second-order valence-corrected chi connectivity index (χ2v) is 4.48. The van der Waals surface area contributed by atoms with E-state index in [1.807, 2.05) is 6.92 Å².